The molecule has 0 radical (unpaired) electrons. The molecule has 0 aliphatic rings. The smallest absolute Gasteiger partial charge is 0.223 e. The molecule has 0 amide bonds. The predicted molar refractivity (Wildman–Crippen MR) is 90.6 cm³/mol. The molecule has 25 heavy (non-hydrogen) atoms. The zero-order chi connectivity index (χ0) is 17.3. The first kappa shape index (κ1) is 15.2. The second kappa shape index (κ2) is 5.94. The molecule has 4 aromatic heterocycles. The molecule has 0 spiro atoms. The molecule has 4 aromatic rings. The van der Waals surface area contributed by atoms with Crippen LogP contribution in [0, 0.1) is 0 Å². The molecule has 11 heteroatoms. The van der Waals surface area contributed by atoms with Gasteiger partial charge in [0.2, 0.25) is 0 Å². The van der Waals surface area contributed by atoms with Crippen LogP contribution in [0.2, 0.25) is 13.1 Å². The molecule has 0 saturated carbocycles. The topological polar surface area (TPSA) is 113 Å². The van der Waals surface area contributed by atoms with Crippen LogP contribution < -0.4 is 10.6 Å². The zero-order valence-corrected chi connectivity index (χ0v) is 14.6. The van der Waals surface area contributed by atoms with Crippen molar-refractivity contribution in [2.24, 2.45) is 0 Å². The van der Waals surface area contributed by atoms with E-state index in [0.29, 0.717) is 11.9 Å². The van der Waals surface area contributed by atoms with E-state index in [1.807, 2.05) is 12.1 Å². The minimum atomic E-state index is -2.17. The van der Waals surface area contributed by atoms with Gasteiger partial charge in [-0.15, -0.1) is 0 Å². The lowest BCUT2D eigenvalue weighted by atomic mass is 10.6. The Hall–Kier alpha value is -3.34. The fourth-order valence-electron chi connectivity index (χ4n) is 2.37. The van der Waals surface area contributed by atoms with Crippen molar-refractivity contribution >= 4 is 18.7 Å². The number of hydrogen-bond donors (Lipinski definition) is 0. The van der Waals surface area contributed by atoms with Crippen LogP contribution in [0.25, 0.3) is 11.9 Å². The maximum Gasteiger partial charge on any atom is 0.251 e. The first-order valence-corrected chi connectivity index (χ1v) is 10.5. The summed E-state index contributed by atoms with van der Waals surface area (Å²) in [4.78, 5) is 25.7. The van der Waals surface area contributed by atoms with Gasteiger partial charge in [-0.25, -0.2) is 29.9 Å². The Bertz CT molecular complexity index is 901. The Morgan fingerprint density at radius 1 is 0.760 bits per heavy atom. The summed E-state index contributed by atoms with van der Waals surface area (Å²) in [5, 5.41) is 10.0. The molecular formula is C14H14N10Si. The molecule has 0 N–H and O–H groups in total. The van der Waals surface area contributed by atoms with E-state index in [2.05, 4.69) is 53.2 Å². The Labute approximate surface area is 143 Å². The summed E-state index contributed by atoms with van der Waals surface area (Å²) in [6.07, 6.45) is 9.50. The molecule has 0 unspecified atom stereocenters. The minimum absolute atomic E-state index is 0.487. The summed E-state index contributed by atoms with van der Waals surface area (Å²) in [6.45, 7) is 4.35. The number of rotatable bonds is 4. The van der Waals surface area contributed by atoms with Crippen LogP contribution >= 0.6 is 0 Å². The molecule has 0 bridgehead atoms. The van der Waals surface area contributed by atoms with E-state index in [1.54, 1.807) is 25.0 Å². The predicted octanol–water partition coefficient (Wildman–Crippen LogP) is -0.749. The lowest BCUT2D eigenvalue weighted by Crippen LogP contribution is -2.56. The fourth-order valence-corrected chi connectivity index (χ4v) is 4.37. The third kappa shape index (κ3) is 2.80. The molecule has 0 fully saturated rings. The zero-order valence-electron chi connectivity index (χ0n) is 13.6. The summed E-state index contributed by atoms with van der Waals surface area (Å²) in [5.74, 6) is 0.974. The van der Waals surface area contributed by atoms with Gasteiger partial charge in [0, 0.05) is 23.0 Å². The van der Waals surface area contributed by atoms with Gasteiger partial charge in [-0.1, -0.05) is 13.1 Å². The first-order chi connectivity index (χ1) is 12.1. The lowest BCUT2D eigenvalue weighted by molar-refractivity contribution is 0.808. The van der Waals surface area contributed by atoms with Gasteiger partial charge >= 0.3 is 0 Å². The van der Waals surface area contributed by atoms with Crippen molar-refractivity contribution in [2.75, 3.05) is 0 Å². The number of nitrogens with zero attached hydrogens (tertiary/aromatic N) is 10. The van der Waals surface area contributed by atoms with Crippen molar-refractivity contribution in [1.29, 1.82) is 0 Å². The van der Waals surface area contributed by atoms with E-state index in [0.717, 1.165) is 10.6 Å². The summed E-state index contributed by atoms with van der Waals surface area (Å²) in [6, 6.07) is 3.84. The van der Waals surface area contributed by atoms with E-state index in [9.17, 15) is 0 Å². The second-order valence-corrected chi connectivity index (χ2v) is 10.1. The van der Waals surface area contributed by atoms with Gasteiger partial charge in [-0.3, -0.25) is 0 Å². The highest BCUT2D eigenvalue weighted by Gasteiger charge is 2.30. The summed E-state index contributed by atoms with van der Waals surface area (Å²) < 4.78 is 3.07. The van der Waals surface area contributed by atoms with Gasteiger partial charge < -0.3 is 0 Å². The summed E-state index contributed by atoms with van der Waals surface area (Å²) >= 11 is 0. The van der Waals surface area contributed by atoms with Crippen molar-refractivity contribution in [3.05, 3.63) is 49.8 Å². The standard InChI is InChI=1S/C14H14N10Si/c1-25(2,11-3-5-17-13(21-11)23-9-15-7-19-23)12-4-6-18-14(22-12)24-10-16-8-20-24/h3-10H,1-2H3. The Morgan fingerprint density at radius 3 is 1.64 bits per heavy atom. The second-order valence-electron chi connectivity index (χ2n) is 5.79. The van der Waals surface area contributed by atoms with Crippen molar-refractivity contribution in [3.63, 3.8) is 0 Å². The van der Waals surface area contributed by atoms with Crippen LogP contribution in [0.5, 0.6) is 0 Å². The van der Waals surface area contributed by atoms with Gasteiger partial charge in [-0.2, -0.15) is 19.6 Å². The van der Waals surface area contributed by atoms with Crippen molar-refractivity contribution in [1.82, 2.24) is 49.5 Å². The first-order valence-electron chi connectivity index (χ1n) is 7.51. The van der Waals surface area contributed by atoms with Crippen molar-refractivity contribution in [2.45, 2.75) is 13.1 Å². The molecule has 0 saturated heterocycles. The molecule has 124 valence electrons. The maximum atomic E-state index is 4.67. The third-order valence-corrected chi connectivity index (χ3v) is 6.93. The molecule has 0 aliphatic carbocycles. The molecule has 0 aromatic carbocycles. The molecule has 4 rings (SSSR count). The molecule has 0 aliphatic heterocycles. The number of aromatic nitrogens is 10. The van der Waals surface area contributed by atoms with Gasteiger partial charge in [-0.05, 0) is 12.1 Å². The van der Waals surface area contributed by atoms with E-state index in [-0.39, 0.29) is 0 Å². The Morgan fingerprint density at radius 2 is 1.24 bits per heavy atom. The minimum Gasteiger partial charge on any atom is -0.223 e. The van der Waals surface area contributed by atoms with E-state index < -0.39 is 8.07 Å². The van der Waals surface area contributed by atoms with E-state index >= 15 is 0 Å². The normalized spacial score (nSPS) is 11.6. The van der Waals surface area contributed by atoms with Crippen LogP contribution in [-0.2, 0) is 0 Å². The largest absolute Gasteiger partial charge is 0.251 e. The van der Waals surface area contributed by atoms with Crippen molar-refractivity contribution in [3.8, 4) is 11.9 Å². The summed E-state index contributed by atoms with van der Waals surface area (Å²) in [5.41, 5.74) is 0. The third-order valence-electron chi connectivity index (χ3n) is 3.81. The Balaban J connectivity index is 1.75. The molecule has 0 atom stereocenters. The lowest BCUT2D eigenvalue weighted by Gasteiger charge is -2.21. The van der Waals surface area contributed by atoms with Gasteiger partial charge in [0.15, 0.2) is 8.07 Å². The molecule has 4 heterocycles. The molecular weight excluding hydrogens is 336 g/mol. The molecule has 10 nitrogen and oxygen atoms in total. The SMILES string of the molecule is C[Si](C)(c1ccnc(-n2cncn2)n1)c1ccnc(-n2cncn2)n1. The highest BCUT2D eigenvalue weighted by Crippen LogP contribution is 2.04. The average molecular weight is 350 g/mol. The average Bonchev–Trinajstić information content (AvgIpc) is 3.36. The van der Waals surface area contributed by atoms with Crippen LogP contribution in [0.15, 0.2) is 49.8 Å². The van der Waals surface area contributed by atoms with Crippen molar-refractivity contribution < 1.29 is 0 Å². The van der Waals surface area contributed by atoms with Gasteiger partial charge in [0.05, 0.1) is 0 Å². The van der Waals surface area contributed by atoms with E-state index in [4.69, 9.17) is 0 Å². The fraction of sp³-hybridized carbons (Fsp3) is 0.143. The van der Waals surface area contributed by atoms with Crippen LogP contribution in [0.1, 0.15) is 0 Å². The maximum absolute atomic E-state index is 4.67. The van der Waals surface area contributed by atoms with Crippen LogP contribution in [0.3, 0.4) is 0 Å². The van der Waals surface area contributed by atoms with Gasteiger partial charge in [0.25, 0.3) is 11.9 Å². The van der Waals surface area contributed by atoms with Crippen LogP contribution in [-0.4, -0.2) is 57.5 Å². The van der Waals surface area contributed by atoms with E-state index in [1.165, 1.54) is 22.0 Å². The van der Waals surface area contributed by atoms with Gasteiger partial charge in [0.1, 0.15) is 25.3 Å². The quantitative estimate of drug-likeness (QED) is 0.442. The highest BCUT2D eigenvalue weighted by atomic mass is 28.3. The monoisotopic (exact) mass is 350 g/mol. The summed E-state index contributed by atoms with van der Waals surface area (Å²) in [7, 11) is -2.17. The number of hydrogen-bond acceptors (Lipinski definition) is 8. The van der Waals surface area contributed by atoms with Crippen LogP contribution in [0.4, 0.5) is 0 Å². The Kier molecular flexibility index (Phi) is 3.61. The highest BCUT2D eigenvalue weighted by molar-refractivity contribution is 6.99.